The first-order valence-electron chi connectivity index (χ1n) is 6.20. The quantitative estimate of drug-likeness (QED) is 0.668. The van der Waals surface area contributed by atoms with E-state index in [9.17, 15) is 4.79 Å². The fraction of sp³-hybridized carbons (Fsp3) is 0.133. The zero-order valence-corrected chi connectivity index (χ0v) is 14.9. The van der Waals surface area contributed by atoms with Gasteiger partial charge >= 0.3 is 0 Å². The Morgan fingerprint density at radius 1 is 1.10 bits per heavy atom. The molecule has 0 radical (unpaired) electrons. The van der Waals surface area contributed by atoms with Gasteiger partial charge in [-0.25, -0.2) is 0 Å². The molecule has 0 aliphatic carbocycles. The monoisotopic (exact) mass is 434 g/mol. The minimum Gasteiger partial charge on any atom is -0.375 e. The third-order valence-corrected chi connectivity index (χ3v) is 4.21. The second-order valence-corrected chi connectivity index (χ2v) is 6.52. The van der Waals surface area contributed by atoms with Crippen molar-refractivity contribution < 1.29 is 4.79 Å². The van der Waals surface area contributed by atoms with Crippen LogP contribution >= 0.6 is 45.8 Å². The third kappa shape index (κ3) is 4.76. The molecule has 0 aromatic heterocycles. The molecule has 3 nitrogen and oxygen atoms in total. The van der Waals surface area contributed by atoms with E-state index in [1.807, 2.05) is 25.1 Å². The number of carbonyl (C=O) groups excluding carboxylic acids is 1. The lowest BCUT2D eigenvalue weighted by Crippen LogP contribution is -2.22. The van der Waals surface area contributed by atoms with Crippen LogP contribution in [0.1, 0.15) is 5.56 Å². The van der Waals surface area contributed by atoms with Crippen molar-refractivity contribution >= 4 is 63.1 Å². The summed E-state index contributed by atoms with van der Waals surface area (Å²) in [5.74, 6) is -0.133. The SMILES string of the molecule is Cc1ccc(Cl)cc1NC(=O)CNc1ccc(Cl)cc1I. The summed E-state index contributed by atoms with van der Waals surface area (Å²) in [5.41, 5.74) is 2.56. The van der Waals surface area contributed by atoms with Gasteiger partial charge in [-0.05, 0) is 65.4 Å². The summed E-state index contributed by atoms with van der Waals surface area (Å²) >= 11 is 14.0. The number of hydrogen-bond donors (Lipinski definition) is 2. The fourth-order valence-electron chi connectivity index (χ4n) is 1.73. The topological polar surface area (TPSA) is 41.1 Å². The first kappa shape index (κ1) is 16.4. The van der Waals surface area contributed by atoms with Crippen molar-refractivity contribution in [1.82, 2.24) is 0 Å². The minimum absolute atomic E-state index is 0.133. The van der Waals surface area contributed by atoms with Gasteiger partial charge in [-0.15, -0.1) is 0 Å². The first-order chi connectivity index (χ1) is 9.95. The normalized spacial score (nSPS) is 10.3. The molecule has 0 spiro atoms. The molecule has 0 heterocycles. The van der Waals surface area contributed by atoms with Crippen molar-refractivity contribution in [1.29, 1.82) is 0 Å². The van der Waals surface area contributed by atoms with Gasteiger partial charge in [0.2, 0.25) is 5.91 Å². The Kier molecular flexibility index (Phi) is 5.72. The molecule has 2 rings (SSSR count). The number of benzene rings is 2. The zero-order valence-electron chi connectivity index (χ0n) is 11.2. The highest BCUT2D eigenvalue weighted by atomic mass is 127. The van der Waals surface area contributed by atoms with Crippen LogP contribution in [-0.4, -0.2) is 12.5 Å². The number of amides is 1. The zero-order chi connectivity index (χ0) is 15.4. The summed E-state index contributed by atoms with van der Waals surface area (Å²) in [5, 5.41) is 7.18. The average molecular weight is 435 g/mol. The minimum atomic E-state index is -0.133. The predicted molar refractivity (Wildman–Crippen MR) is 97.5 cm³/mol. The van der Waals surface area contributed by atoms with Crippen molar-refractivity contribution in [2.24, 2.45) is 0 Å². The molecule has 0 atom stereocenters. The molecule has 0 aliphatic rings. The van der Waals surface area contributed by atoms with Crippen molar-refractivity contribution in [2.45, 2.75) is 6.92 Å². The van der Waals surface area contributed by atoms with E-state index in [0.29, 0.717) is 10.0 Å². The molecular formula is C15H13Cl2IN2O. The molecule has 110 valence electrons. The van der Waals surface area contributed by atoms with Crippen molar-refractivity contribution in [3.8, 4) is 0 Å². The Morgan fingerprint density at radius 3 is 2.48 bits per heavy atom. The third-order valence-electron chi connectivity index (χ3n) is 2.84. The maximum atomic E-state index is 12.0. The number of hydrogen-bond acceptors (Lipinski definition) is 2. The van der Waals surface area contributed by atoms with Crippen molar-refractivity contribution in [2.75, 3.05) is 17.2 Å². The predicted octanol–water partition coefficient (Wildman–Crippen LogP) is 4.96. The number of anilines is 2. The number of carbonyl (C=O) groups is 1. The molecule has 21 heavy (non-hydrogen) atoms. The highest BCUT2D eigenvalue weighted by Crippen LogP contribution is 2.22. The second-order valence-electron chi connectivity index (χ2n) is 4.49. The van der Waals surface area contributed by atoms with Crippen LogP contribution < -0.4 is 10.6 Å². The van der Waals surface area contributed by atoms with Crippen LogP contribution in [0.4, 0.5) is 11.4 Å². The van der Waals surface area contributed by atoms with Crippen LogP contribution in [0.25, 0.3) is 0 Å². The van der Waals surface area contributed by atoms with Crippen molar-refractivity contribution in [3.63, 3.8) is 0 Å². The summed E-state index contributed by atoms with van der Waals surface area (Å²) in [4.78, 5) is 12.0. The van der Waals surface area contributed by atoms with Crippen LogP contribution in [0.15, 0.2) is 36.4 Å². The van der Waals surface area contributed by atoms with Crippen LogP contribution in [-0.2, 0) is 4.79 Å². The highest BCUT2D eigenvalue weighted by Gasteiger charge is 2.07. The lowest BCUT2D eigenvalue weighted by atomic mass is 10.2. The largest absolute Gasteiger partial charge is 0.375 e. The highest BCUT2D eigenvalue weighted by molar-refractivity contribution is 14.1. The van der Waals surface area contributed by atoms with Gasteiger partial charge in [-0.1, -0.05) is 29.3 Å². The van der Waals surface area contributed by atoms with Crippen molar-refractivity contribution in [3.05, 3.63) is 55.6 Å². The summed E-state index contributed by atoms with van der Waals surface area (Å²) in [6.07, 6.45) is 0. The lowest BCUT2D eigenvalue weighted by molar-refractivity contribution is -0.114. The number of nitrogens with one attached hydrogen (secondary N) is 2. The van der Waals surface area contributed by atoms with Gasteiger partial charge in [0.15, 0.2) is 0 Å². The molecule has 0 fully saturated rings. The smallest absolute Gasteiger partial charge is 0.243 e. The molecule has 1 amide bonds. The van der Waals surface area contributed by atoms with Crippen LogP contribution in [0.2, 0.25) is 10.0 Å². The summed E-state index contributed by atoms with van der Waals surface area (Å²) < 4.78 is 0.965. The molecule has 2 aromatic carbocycles. The van der Waals surface area contributed by atoms with Gasteiger partial charge in [0.1, 0.15) is 0 Å². The average Bonchev–Trinajstić information content (AvgIpc) is 2.42. The van der Waals surface area contributed by atoms with E-state index in [2.05, 4.69) is 33.2 Å². The molecule has 0 saturated carbocycles. The van der Waals surface area contributed by atoms with Gasteiger partial charge in [0, 0.05) is 25.0 Å². The molecule has 0 bridgehead atoms. The maximum absolute atomic E-state index is 12.0. The van der Waals surface area contributed by atoms with Gasteiger partial charge < -0.3 is 10.6 Å². The van der Waals surface area contributed by atoms with E-state index >= 15 is 0 Å². The van der Waals surface area contributed by atoms with Gasteiger partial charge in [-0.3, -0.25) is 4.79 Å². The summed E-state index contributed by atoms with van der Waals surface area (Å²) in [6, 6.07) is 10.9. The number of halogens is 3. The van der Waals surface area contributed by atoms with E-state index in [1.165, 1.54) is 0 Å². The van der Waals surface area contributed by atoms with E-state index in [-0.39, 0.29) is 12.5 Å². The Labute approximate surface area is 147 Å². The van der Waals surface area contributed by atoms with E-state index in [0.717, 1.165) is 20.5 Å². The van der Waals surface area contributed by atoms with Gasteiger partial charge in [-0.2, -0.15) is 0 Å². The molecular weight excluding hydrogens is 422 g/mol. The Hall–Kier alpha value is -0.980. The second kappa shape index (κ2) is 7.33. The van der Waals surface area contributed by atoms with E-state index < -0.39 is 0 Å². The fourth-order valence-corrected chi connectivity index (χ4v) is 2.97. The van der Waals surface area contributed by atoms with E-state index in [1.54, 1.807) is 18.2 Å². The van der Waals surface area contributed by atoms with Crippen LogP contribution in [0.5, 0.6) is 0 Å². The Bertz CT molecular complexity index is 677. The van der Waals surface area contributed by atoms with E-state index in [4.69, 9.17) is 23.2 Å². The molecule has 0 saturated heterocycles. The molecule has 2 N–H and O–H groups in total. The summed E-state index contributed by atoms with van der Waals surface area (Å²) in [7, 11) is 0. The van der Waals surface area contributed by atoms with Gasteiger partial charge in [0.05, 0.1) is 6.54 Å². The molecule has 0 aliphatic heterocycles. The molecule has 2 aromatic rings. The Morgan fingerprint density at radius 2 is 1.76 bits per heavy atom. The number of rotatable bonds is 4. The molecule has 0 unspecified atom stereocenters. The Balaban J connectivity index is 1.97. The lowest BCUT2D eigenvalue weighted by Gasteiger charge is -2.11. The maximum Gasteiger partial charge on any atom is 0.243 e. The number of aryl methyl sites for hydroxylation is 1. The van der Waals surface area contributed by atoms with Crippen LogP contribution in [0.3, 0.4) is 0 Å². The standard InChI is InChI=1S/C15H13Cl2IN2O/c1-9-2-3-11(17)7-14(9)20-15(21)8-19-13-5-4-10(16)6-12(13)18/h2-7,19H,8H2,1H3,(H,20,21). The van der Waals surface area contributed by atoms with Crippen LogP contribution in [0, 0.1) is 10.5 Å². The summed E-state index contributed by atoms with van der Waals surface area (Å²) in [6.45, 7) is 2.09. The van der Waals surface area contributed by atoms with Gasteiger partial charge in [0.25, 0.3) is 0 Å². The molecule has 6 heteroatoms. The first-order valence-corrected chi connectivity index (χ1v) is 8.04.